The van der Waals surface area contributed by atoms with Crippen LogP contribution in [0.1, 0.15) is 80.6 Å². The molecule has 0 bridgehead atoms. The molecule has 0 atom stereocenters. The Morgan fingerprint density at radius 2 is 1.54 bits per heavy atom. The van der Waals surface area contributed by atoms with E-state index in [-0.39, 0.29) is 6.42 Å². The van der Waals surface area contributed by atoms with Crippen LogP contribution in [0.3, 0.4) is 0 Å². The monoisotopic (exact) mass is 703 g/mol. The second-order valence-corrected chi connectivity index (χ2v) is 22.2. The molecule has 274 valence electrons. The highest BCUT2D eigenvalue weighted by molar-refractivity contribution is 6.76. The Morgan fingerprint density at radius 3 is 2.22 bits per heavy atom. The average molecular weight is 704 g/mol. The fourth-order valence-corrected chi connectivity index (χ4v) is 9.03. The van der Waals surface area contributed by atoms with Crippen molar-refractivity contribution in [3.8, 4) is 0 Å². The molecular formula is C39H61N7O3Si. The van der Waals surface area contributed by atoms with E-state index in [1.807, 2.05) is 23.2 Å². The Morgan fingerprint density at radius 1 is 0.900 bits per heavy atom. The predicted octanol–water partition coefficient (Wildman–Crippen LogP) is 6.69. The molecule has 1 spiro atoms. The summed E-state index contributed by atoms with van der Waals surface area (Å²) in [6, 6.07) is 11.2. The molecule has 1 aromatic carbocycles. The lowest BCUT2D eigenvalue weighted by molar-refractivity contribution is -0.137. The van der Waals surface area contributed by atoms with E-state index in [2.05, 4.69) is 68.2 Å². The molecule has 0 unspecified atom stereocenters. The summed E-state index contributed by atoms with van der Waals surface area (Å²) in [5.41, 5.74) is 3.15. The Labute approximate surface area is 300 Å². The molecule has 0 amide bonds. The molecule has 1 N–H and O–H groups in total. The quantitative estimate of drug-likeness (QED) is 0.123. The number of hydrogen-bond acceptors (Lipinski definition) is 7. The average Bonchev–Trinajstić information content (AvgIpc) is 3.84. The largest absolute Gasteiger partial charge is 0.481 e. The SMILES string of the molecule is C[Si](C)(C)CCOCn1ccnc1CN(Cc1ccc(CN2CCC3(CCN(C4CCCCC4)CC3)C2)cc1)Cc1nccn1CCC(=O)O. The molecule has 2 saturated heterocycles. The molecule has 11 heteroatoms. The van der Waals surface area contributed by atoms with Crippen molar-refractivity contribution in [1.82, 2.24) is 33.8 Å². The van der Waals surface area contributed by atoms with Crippen LogP contribution in [0.4, 0.5) is 0 Å². The van der Waals surface area contributed by atoms with Crippen molar-refractivity contribution < 1.29 is 14.6 Å². The first-order chi connectivity index (χ1) is 24.1. The number of nitrogens with zero attached hydrogens (tertiary/aromatic N) is 7. The van der Waals surface area contributed by atoms with E-state index in [1.165, 1.54) is 88.7 Å². The van der Waals surface area contributed by atoms with Gasteiger partial charge in [-0.2, -0.15) is 0 Å². The lowest BCUT2D eigenvalue weighted by atomic mass is 9.77. The van der Waals surface area contributed by atoms with Crippen molar-refractivity contribution in [3.05, 3.63) is 71.8 Å². The maximum absolute atomic E-state index is 11.3. The van der Waals surface area contributed by atoms with Gasteiger partial charge >= 0.3 is 5.97 Å². The van der Waals surface area contributed by atoms with Crippen molar-refractivity contribution in [3.63, 3.8) is 0 Å². The molecule has 6 rings (SSSR count). The van der Waals surface area contributed by atoms with Crippen molar-refractivity contribution in [1.29, 1.82) is 0 Å². The van der Waals surface area contributed by atoms with E-state index >= 15 is 0 Å². The third-order valence-electron chi connectivity index (χ3n) is 11.4. The van der Waals surface area contributed by atoms with Gasteiger partial charge in [-0.3, -0.25) is 14.6 Å². The summed E-state index contributed by atoms with van der Waals surface area (Å²) < 4.78 is 10.1. The van der Waals surface area contributed by atoms with Crippen LogP contribution in [0.15, 0.2) is 49.1 Å². The molecule has 3 aromatic rings. The van der Waals surface area contributed by atoms with E-state index in [0.29, 0.717) is 31.8 Å². The van der Waals surface area contributed by atoms with Gasteiger partial charge in [0, 0.05) is 71.7 Å². The summed E-state index contributed by atoms with van der Waals surface area (Å²) in [4.78, 5) is 28.5. The lowest BCUT2D eigenvalue weighted by Crippen LogP contribution is -2.46. The van der Waals surface area contributed by atoms with E-state index in [1.54, 1.807) is 6.20 Å². The first-order valence-corrected chi connectivity index (χ1v) is 22.9. The number of aryl methyl sites for hydroxylation is 1. The first-order valence-electron chi connectivity index (χ1n) is 19.2. The maximum atomic E-state index is 11.3. The fourth-order valence-electron chi connectivity index (χ4n) is 8.28. The number of carboxylic acid groups (broad SMARTS) is 1. The molecule has 4 heterocycles. The topological polar surface area (TPSA) is 91.9 Å². The molecule has 2 aliphatic heterocycles. The molecule has 0 radical (unpaired) electrons. The highest BCUT2D eigenvalue weighted by atomic mass is 28.3. The van der Waals surface area contributed by atoms with Crippen LogP contribution >= 0.6 is 0 Å². The number of imidazole rings is 2. The van der Waals surface area contributed by atoms with Gasteiger partial charge in [-0.15, -0.1) is 0 Å². The third-order valence-corrected chi connectivity index (χ3v) is 13.1. The van der Waals surface area contributed by atoms with Crippen molar-refractivity contribution in [2.75, 3.05) is 32.8 Å². The van der Waals surface area contributed by atoms with Gasteiger partial charge in [-0.1, -0.05) is 63.2 Å². The smallest absolute Gasteiger partial charge is 0.305 e. The summed E-state index contributed by atoms with van der Waals surface area (Å²) in [5.74, 6) is 1.01. The summed E-state index contributed by atoms with van der Waals surface area (Å²) in [7, 11) is -1.16. The van der Waals surface area contributed by atoms with Crippen molar-refractivity contribution >= 4 is 14.0 Å². The summed E-state index contributed by atoms with van der Waals surface area (Å²) >= 11 is 0. The number of ether oxygens (including phenoxy) is 1. The Hall–Kier alpha value is -2.83. The van der Waals surface area contributed by atoms with Gasteiger partial charge in [0.1, 0.15) is 18.4 Å². The van der Waals surface area contributed by atoms with Crippen LogP contribution in [0.2, 0.25) is 25.7 Å². The van der Waals surface area contributed by atoms with E-state index < -0.39 is 14.0 Å². The molecule has 2 aromatic heterocycles. The fraction of sp³-hybridized carbons (Fsp3) is 0.667. The molecule has 1 aliphatic carbocycles. The molecule has 3 fully saturated rings. The normalized spacial score (nSPS) is 19.2. The predicted molar refractivity (Wildman–Crippen MR) is 200 cm³/mol. The van der Waals surface area contributed by atoms with Crippen LogP contribution in [0.5, 0.6) is 0 Å². The second-order valence-electron chi connectivity index (χ2n) is 16.6. The van der Waals surface area contributed by atoms with Gasteiger partial charge in [-0.25, -0.2) is 9.97 Å². The Balaban J connectivity index is 1.06. The first kappa shape index (κ1) is 36.9. The Kier molecular flexibility index (Phi) is 12.6. The van der Waals surface area contributed by atoms with Gasteiger partial charge in [-0.05, 0) is 74.3 Å². The van der Waals surface area contributed by atoms with Crippen molar-refractivity contribution in [2.45, 2.75) is 129 Å². The van der Waals surface area contributed by atoms with E-state index in [0.717, 1.165) is 43.4 Å². The standard InChI is InChI=1S/C39H61N7O3Si/c1-50(2,3)26-25-49-32-46-24-18-41-37(46)30-43(29-36-40-17-23-45(36)19-13-38(47)48)28-34-11-9-33(10-12-34)27-42-20-14-39(31-42)15-21-44(22-16-39)35-7-5-4-6-8-35/h9-12,17-18,23-24,35H,4-8,13-16,19-22,25-32H2,1-3H3,(H,47,48). The third kappa shape index (κ3) is 10.6. The zero-order valence-corrected chi connectivity index (χ0v) is 31.9. The van der Waals surface area contributed by atoms with Gasteiger partial charge in [0.15, 0.2) is 0 Å². The van der Waals surface area contributed by atoms with Gasteiger partial charge in [0.25, 0.3) is 0 Å². The van der Waals surface area contributed by atoms with Crippen molar-refractivity contribution in [2.24, 2.45) is 5.41 Å². The van der Waals surface area contributed by atoms with E-state index in [4.69, 9.17) is 9.72 Å². The number of likely N-dealkylation sites (tertiary alicyclic amines) is 2. The number of carbonyl (C=O) groups is 1. The van der Waals surface area contributed by atoms with Crippen LogP contribution in [-0.4, -0.2) is 91.8 Å². The number of aromatic nitrogens is 4. The number of piperidine rings is 1. The van der Waals surface area contributed by atoms with Crippen LogP contribution in [0, 0.1) is 5.41 Å². The van der Waals surface area contributed by atoms with Gasteiger partial charge < -0.3 is 23.9 Å². The molecular weight excluding hydrogens is 643 g/mol. The second kappa shape index (κ2) is 17.1. The highest BCUT2D eigenvalue weighted by Gasteiger charge is 2.41. The maximum Gasteiger partial charge on any atom is 0.305 e. The number of benzene rings is 1. The van der Waals surface area contributed by atoms with Crippen LogP contribution in [0.25, 0.3) is 0 Å². The highest BCUT2D eigenvalue weighted by Crippen LogP contribution is 2.42. The zero-order valence-electron chi connectivity index (χ0n) is 30.9. The Bertz CT molecular complexity index is 1490. The minimum absolute atomic E-state index is 0.0705. The number of aliphatic carboxylic acids is 1. The number of carboxylic acids is 1. The zero-order chi connectivity index (χ0) is 35.0. The number of hydrogen-bond donors (Lipinski definition) is 1. The molecule has 1 saturated carbocycles. The lowest BCUT2D eigenvalue weighted by Gasteiger charge is -2.43. The molecule has 50 heavy (non-hydrogen) atoms. The molecule has 10 nitrogen and oxygen atoms in total. The molecule has 3 aliphatic rings. The number of rotatable bonds is 17. The van der Waals surface area contributed by atoms with Crippen LogP contribution < -0.4 is 0 Å². The van der Waals surface area contributed by atoms with Gasteiger partial charge in [0.05, 0.1) is 19.5 Å². The van der Waals surface area contributed by atoms with Gasteiger partial charge in [0.2, 0.25) is 0 Å². The summed E-state index contributed by atoms with van der Waals surface area (Å²) in [6.07, 6.45) is 18.8. The van der Waals surface area contributed by atoms with Crippen LogP contribution in [-0.2, 0) is 49.0 Å². The summed E-state index contributed by atoms with van der Waals surface area (Å²) in [6.45, 7) is 16.8. The summed E-state index contributed by atoms with van der Waals surface area (Å²) in [5, 5.41) is 9.28. The minimum Gasteiger partial charge on any atom is -0.481 e. The van der Waals surface area contributed by atoms with E-state index in [9.17, 15) is 9.90 Å². The minimum atomic E-state index is -1.16.